The van der Waals surface area contributed by atoms with Crippen LogP contribution in [0.3, 0.4) is 0 Å². The molecule has 0 saturated heterocycles. The van der Waals surface area contributed by atoms with E-state index in [1.165, 1.54) is 31.9 Å². The third-order valence-corrected chi connectivity index (χ3v) is 4.56. The maximum absolute atomic E-state index is 10.9. The van der Waals surface area contributed by atoms with Gasteiger partial charge in [0.2, 0.25) is 0 Å². The normalized spacial score (nSPS) is 36.5. The summed E-state index contributed by atoms with van der Waals surface area (Å²) in [5.41, 5.74) is 0. The summed E-state index contributed by atoms with van der Waals surface area (Å²) in [6.45, 7) is 0.632. The zero-order valence-electron chi connectivity index (χ0n) is 8.70. The second-order valence-electron chi connectivity index (χ2n) is 4.87. The summed E-state index contributed by atoms with van der Waals surface area (Å²) in [6, 6.07) is 0.607. The van der Waals surface area contributed by atoms with Gasteiger partial charge >= 0.3 is 0 Å². The summed E-state index contributed by atoms with van der Waals surface area (Å²) in [7, 11) is -2.79. The summed E-state index contributed by atoms with van der Waals surface area (Å²) in [6.07, 6.45) is 6.69. The van der Waals surface area contributed by atoms with Crippen molar-refractivity contribution in [3.05, 3.63) is 0 Å². The highest BCUT2D eigenvalue weighted by Gasteiger charge is 2.38. The van der Waals surface area contributed by atoms with E-state index in [0.29, 0.717) is 12.6 Å². The van der Waals surface area contributed by atoms with Gasteiger partial charge in [-0.3, -0.25) is 0 Å². The minimum atomic E-state index is -2.79. The van der Waals surface area contributed by atoms with Gasteiger partial charge in [0, 0.05) is 18.8 Å². The average molecular weight is 217 g/mol. The predicted molar refractivity (Wildman–Crippen MR) is 56.9 cm³/mol. The highest BCUT2D eigenvalue weighted by atomic mass is 32.2. The lowest BCUT2D eigenvalue weighted by atomic mass is 9.95. The van der Waals surface area contributed by atoms with Crippen LogP contribution in [0.2, 0.25) is 0 Å². The Labute approximate surface area is 86.2 Å². The zero-order chi connectivity index (χ0) is 10.2. The Morgan fingerprint density at radius 1 is 1.29 bits per heavy atom. The molecule has 0 aliphatic heterocycles. The van der Waals surface area contributed by atoms with Gasteiger partial charge in [-0.1, -0.05) is 6.42 Å². The van der Waals surface area contributed by atoms with Crippen molar-refractivity contribution >= 4 is 9.84 Å². The molecule has 3 nitrogen and oxygen atoms in total. The Bertz CT molecular complexity index is 299. The Balaban J connectivity index is 1.72. The van der Waals surface area contributed by atoms with Gasteiger partial charge in [0.1, 0.15) is 9.84 Å². The van der Waals surface area contributed by atoms with Gasteiger partial charge in [0.05, 0.1) is 5.75 Å². The second kappa shape index (κ2) is 3.81. The van der Waals surface area contributed by atoms with Crippen molar-refractivity contribution < 1.29 is 8.42 Å². The first-order valence-corrected chi connectivity index (χ1v) is 7.52. The van der Waals surface area contributed by atoms with Crippen LogP contribution in [0.5, 0.6) is 0 Å². The van der Waals surface area contributed by atoms with E-state index in [4.69, 9.17) is 0 Å². The van der Waals surface area contributed by atoms with E-state index in [1.54, 1.807) is 0 Å². The van der Waals surface area contributed by atoms with Crippen LogP contribution < -0.4 is 5.32 Å². The van der Waals surface area contributed by atoms with E-state index in [0.717, 1.165) is 11.8 Å². The van der Waals surface area contributed by atoms with Gasteiger partial charge in [-0.05, 0) is 31.1 Å². The van der Waals surface area contributed by atoms with Crippen molar-refractivity contribution in [1.29, 1.82) is 0 Å². The minimum absolute atomic E-state index is 0.279. The van der Waals surface area contributed by atoms with E-state index in [-0.39, 0.29) is 5.75 Å². The molecule has 0 aromatic heterocycles. The van der Waals surface area contributed by atoms with Crippen molar-refractivity contribution in [1.82, 2.24) is 5.32 Å². The largest absolute Gasteiger partial charge is 0.313 e. The SMILES string of the molecule is CS(=O)(=O)CCNC1CC2CCC1C2. The monoisotopic (exact) mass is 217 g/mol. The Hall–Kier alpha value is -0.0900. The van der Waals surface area contributed by atoms with Gasteiger partial charge in [0.25, 0.3) is 0 Å². The summed E-state index contributed by atoms with van der Waals surface area (Å²) >= 11 is 0. The average Bonchev–Trinajstić information content (AvgIpc) is 2.62. The number of fused-ring (bicyclic) bond motifs is 2. The molecule has 2 aliphatic carbocycles. The molecular weight excluding hydrogens is 198 g/mol. The molecule has 1 N–H and O–H groups in total. The van der Waals surface area contributed by atoms with Crippen LogP contribution in [0.1, 0.15) is 25.7 Å². The molecule has 82 valence electrons. The van der Waals surface area contributed by atoms with Crippen LogP contribution in [0.4, 0.5) is 0 Å². The van der Waals surface area contributed by atoms with Crippen LogP contribution in [0.15, 0.2) is 0 Å². The van der Waals surface area contributed by atoms with Gasteiger partial charge in [-0.2, -0.15) is 0 Å². The zero-order valence-corrected chi connectivity index (χ0v) is 9.52. The molecule has 0 aromatic rings. The number of hydrogen-bond acceptors (Lipinski definition) is 3. The maximum atomic E-state index is 10.9. The van der Waals surface area contributed by atoms with Gasteiger partial charge < -0.3 is 5.32 Å². The first kappa shape index (κ1) is 10.4. The molecule has 0 aromatic carbocycles. The smallest absolute Gasteiger partial charge is 0.148 e. The number of hydrogen-bond donors (Lipinski definition) is 1. The Morgan fingerprint density at radius 3 is 2.57 bits per heavy atom. The maximum Gasteiger partial charge on any atom is 0.148 e. The molecule has 0 spiro atoms. The fourth-order valence-electron chi connectivity index (χ4n) is 2.92. The van der Waals surface area contributed by atoms with Crippen molar-refractivity contribution in [2.45, 2.75) is 31.7 Å². The molecule has 2 fully saturated rings. The fourth-order valence-corrected chi connectivity index (χ4v) is 3.41. The number of rotatable bonds is 4. The molecule has 2 bridgehead atoms. The molecule has 0 amide bonds. The van der Waals surface area contributed by atoms with E-state index in [1.807, 2.05) is 0 Å². The summed E-state index contributed by atoms with van der Waals surface area (Å²) in [4.78, 5) is 0. The quantitative estimate of drug-likeness (QED) is 0.758. The van der Waals surface area contributed by atoms with Gasteiger partial charge in [-0.25, -0.2) is 8.42 Å². The van der Waals surface area contributed by atoms with E-state index >= 15 is 0 Å². The van der Waals surface area contributed by atoms with E-state index < -0.39 is 9.84 Å². The first-order chi connectivity index (χ1) is 6.54. The molecule has 0 heterocycles. The third-order valence-electron chi connectivity index (χ3n) is 3.62. The van der Waals surface area contributed by atoms with Crippen LogP contribution in [0, 0.1) is 11.8 Å². The van der Waals surface area contributed by atoms with Crippen LogP contribution >= 0.6 is 0 Å². The minimum Gasteiger partial charge on any atom is -0.313 e. The van der Waals surface area contributed by atoms with Gasteiger partial charge in [0.15, 0.2) is 0 Å². The van der Waals surface area contributed by atoms with Crippen molar-refractivity contribution in [2.75, 3.05) is 18.6 Å². The van der Waals surface area contributed by atoms with Crippen LogP contribution in [0.25, 0.3) is 0 Å². The topological polar surface area (TPSA) is 46.2 Å². The highest BCUT2D eigenvalue weighted by Crippen LogP contribution is 2.44. The lowest BCUT2D eigenvalue weighted by molar-refractivity contribution is 0.358. The van der Waals surface area contributed by atoms with Crippen LogP contribution in [-0.2, 0) is 9.84 Å². The van der Waals surface area contributed by atoms with Crippen molar-refractivity contribution in [2.24, 2.45) is 11.8 Å². The molecule has 3 atom stereocenters. The lowest BCUT2D eigenvalue weighted by Crippen LogP contribution is -2.36. The van der Waals surface area contributed by atoms with Crippen molar-refractivity contribution in [3.63, 3.8) is 0 Å². The summed E-state index contributed by atoms with van der Waals surface area (Å²) < 4.78 is 21.8. The van der Waals surface area contributed by atoms with Crippen molar-refractivity contribution in [3.8, 4) is 0 Å². The Kier molecular flexibility index (Phi) is 2.84. The second-order valence-corrected chi connectivity index (χ2v) is 7.13. The molecule has 2 saturated carbocycles. The number of nitrogens with one attached hydrogen (secondary N) is 1. The van der Waals surface area contributed by atoms with Gasteiger partial charge in [-0.15, -0.1) is 0 Å². The standard InChI is InChI=1S/C10H19NO2S/c1-14(12,13)5-4-11-10-7-8-2-3-9(10)6-8/h8-11H,2-7H2,1H3. The Morgan fingerprint density at radius 2 is 2.07 bits per heavy atom. The fraction of sp³-hybridized carbons (Fsp3) is 1.00. The molecule has 2 aliphatic rings. The molecule has 4 heteroatoms. The predicted octanol–water partition coefficient (Wildman–Crippen LogP) is 0.809. The molecule has 2 rings (SSSR count). The summed E-state index contributed by atoms with van der Waals surface area (Å²) in [5.74, 6) is 2.04. The lowest BCUT2D eigenvalue weighted by Gasteiger charge is -2.22. The molecule has 3 unspecified atom stereocenters. The highest BCUT2D eigenvalue weighted by molar-refractivity contribution is 7.90. The van der Waals surface area contributed by atoms with E-state index in [9.17, 15) is 8.42 Å². The first-order valence-electron chi connectivity index (χ1n) is 5.46. The molecule has 0 radical (unpaired) electrons. The summed E-state index contributed by atoms with van der Waals surface area (Å²) in [5, 5.41) is 3.39. The van der Waals surface area contributed by atoms with Crippen LogP contribution in [-0.4, -0.2) is 33.0 Å². The number of sulfone groups is 1. The van der Waals surface area contributed by atoms with E-state index in [2.05, 4.69) is 5.32 Å². The third kappa shape index (κ3) is 2.48. The molecule has 14 heavy (non-hydrogen) atoms. The molecular formula is C10H19NO2S.